The first-order valence-corrected chi connectivity index (χ1v) is 12.1. The molecule has 0 fully saturated rings. The summed E-state index contributed by atoms with van der Waals surface area (Å²) in [5, 5.41) is 3.63. The Morgan fingerprint density at radius 3 is 2.22 bits per heavy atom. The number of ether oxygens (including phenoxy) is 1. The van der Waals surface area contributed by atoms with Crippen molar-refractivity contribution in [3.8, 4) is 5.75 Å². The zero-order chi connectivity index (χ0) is 23.8. The average molecular weight is 524 g/mol. The molecular weight excluding hydrogens is 492 g/mol. The maximum Gasteiger partial charge on any atom is 0.261 e. The molecular formula is C25H32BrClN2O3. The van der Waals surface area contributed by atoms with E-state index in [2.05, 4.69) is 21.2 Å². The Kier molecular flexibility index (Phi) is 10.0. The van der Waals surface area contributed by atoms with Gasteiger partial charge in [0.2, 0.25) is 5.91 Å². The van der Waals surface area contributed by atoms with E-state index in [-0.39, 0.29) is 24.5 Å². The molecule has 7 heteroatoms. The van der Waals surface area contributed by atoms with Crippen molar-refractivity contribution in [2.75, 3.05) is 6.61 Å². The fourth-order valence-corrected chi connectivity index (χ4v) is 3.72. The van der Waals surface area contributed by atoms with E-state index in [9.17, 15) is 9.59 Å². The third kappa shape index (κ3) is 7.24. The second-order valence-corrected chi connectivity index (χ2v) is 9.28. The summed E-state index contributed by atoms with van der Waals surface area (Å²) in [5.41, 5.74) is 2.96. The van der Waals surface area contributed by atoms with Crippen molar-refractivity contribution in [1.82, 2.24) is 10.2 Å². The molecule has 0 aliphatic heterocycles. The molecule has 1 N–H and O–H groups in total. The van der Waals surface area contributed by atoms with Crippen molar-refractivity contribution in [2.45, 2.75) is 66.1 Å². The number of rotatable bonds is 10. The minimum absolute atomic E-state index is 0.0361. The maximum atomic E-state index is 13.3. The van der Waals surface area contributed by atoms with Crippen molar-refractivity contribution in [3.63, 3.8) is 0 Å². The molecule has 0 saturated carbocycles. The topological polar surface area (TPSA) is 58.6 Å². The summed E-state index contributed by atoms with van der Waals surface area (Å²) in [5.74, 6) is 0.226. The molecule has 0 saturated heterocycles. The highest BCUT2D eigenvalue weighted by Gasteiger charge is 2.29. The third-order valence-corrected chi connectivity index (χ3v) is 6.93. The van der Waals surface area contributed by atoms with Crippen LogP contribution in [-0.2, 0) is 16.1 Å². The molecule has 32 heavy (non-hydrogen) atoms. The van der Waals surface area contributed by atoms with Crippen LogP contribution in [0, 0.1) is 13.8 Å². The van der Waals surface area contributed by atoms with E-state index in [0.29, 0.717) is 23.7 Å². The summed E-state index contributed by atoms with van der Waals surface area (Å²) in [4.78, 5) is 27.8. The zero-order valence-electron chi connectivity index (χ0n) is 19.4. The van der Waals surface area contributed by atoms with Crippen LogP contribution in [0.25, 0.3) is 0 Å². The molecule has 2 aromatic carbocycles. The lowest BCUT2D eigenvalue weighted by Gasteiger charge is -2.31. The number of carbonyl (C=O) groups excluding carboxylic acids is 2. The van der Waals surface area contributed by atoms with Gasteiger partial charge in [-0.1, -0.05) is 53.5 Å². The Morgan fingerprint density at radius 2 is 1.69 bits per heavy atom. The molecule has 5 nitrogen and oxygen atoms in total. The Labute approximate surface area is 204 Å². The minimum Gasteiger partial charge on any atom is -0.484 e. The van der Waals surface area contributed by atoms with Gasteiger partial charge >= 0.3 is 0 Å². The quantitative estimate of drug-likeness (QED) is 0.427. The van der Waals surface area contributed by atoms with E-state index < -0.39 is 6.04 Å². The fraction of sp³-hybridized carbons (Fsp3) is 0.440. The van der Waals surface area contributed by atoms with Crippen molar-refractivity contribution in [2.24, 2.45) is 0 Å². The average Bonchev–Trinajstić information content (AvgIpc) is 2.76. The third-order valence-electron chi connectivity index (χ3n) is 5.43. The number of aryl methyl sites for hydroxylation is 2. The Hall–Kier alpha value is -2.05. The van der Waals surface area contributed by atoms with Gasteiger partial charge in [-0.15, -0.1) is 0 Å². The van der Waals surface area contributed by atoms with Crippen molar-refractivity contribution < 1.29 is 14.3 Å². The van der Waals surface area contributed by atoms with E-state index in [1.807, 2.05) is 58.9 Å². The molecule has 0 bridgehead atoms. The molecule has 2 amide bonds. The highest BCUT2D eigenvalue weighted by Crippen LogP contribution is 2.26. The summed E-state index contributed by atoms with van der Waals surface area (Å²) >= 11 is 9.55. The van der Waals surface area contributed by atoms with E-state index in [1.54, 1.807) is 17.0 Å². The second-order valence-electron chi connectivity index (χ2n) is 8.05. The van der Waals surface area contributed by atoms with Crippen LogP contribution in [0.15, 0.2) is 40.9 Å². The predicted octanol–water partition coefficient (Wildman–Crippen LogP) is 5.82. The first kappa shape index (κ1) is 26.2. The van der Waals surface area contributed by atoms with Crippen LogP contribution >= 0.6 is 27.5 Å². The molecule has 0 aliphatic carbocycles. The van der Waals surface area contributed by atoms with Crippen LogP contribution in [-0.4, -0.2) is 35.4 Å². The summed E-state index contributed by atoms with van der Waals surface area (Å²) in [6, 6.07) is 10.5. The molecule has 0 aliphatic rings. The van der Waals surface area contributed by atoms with Gasteiger partial charge in [0, 0.05) is 22.1 Å². The van der Waals surface area contributed by atoms with Crippen molar-refractivity contribution in [3.05, 3.63) is 62.6 Å². The van der Waals surface area contributed by atoms with Gasteiger partial charge in [0.25, 0.3) is 5.91 Å². The summed E-state index contributed by atoms with van der Waals surface area (Å²) in [6.45, 7) is 9.97. The first-order valence-electron chi connectivity index (χ1n) is 10.9. The Morgan fingerprint density at radius 1 is 1.09 bits per heavy atom. The first-order chi connectivity index (χ1) is 15.2. The molecule has 2 atom stereocenters. The molecule has 0 spiro atoms. The molecule has 2 aromatic rings. The van der Waals surface area contributed by atoms with Crippen LogP contribution in [0.5, 0.6) is 5.75 Å². The molecule has 0 aromatic heterocycles. The lowest BCUT2D eigenvalue weighted by molar-refractivity contribution is -0.143. The lowest BCUT2D eigenvalue weighted by Crippen LogP contribution is -2.51. The standard InChI is InChI=1S/C25H32BrClN2O3/c1-6-18(5)28-25(31)22(7-2)29(14-19-8-10-20(27)11-9-19)23(30)15-32-21-12-16(3)24(26)17(4)13-21/h8-13,18,22H,6-7,14-15H2,1-5H3,(H,28,31)/t18-,22-/m1/s1. The minimum atomic E-state index is -0.593. The molecule has 174 valence electrons. The summed E-state index contributed by atoms with van der Waals surface area (Å²) < 4.78 is 6.86. The van der Waals surface area contributed by atoms with Gasteiger partial charge in [-0.25, -0.2) is 0 Å². The monoisotopic (exact) mass is 522 g/mol. The van der Waals surface area contributed by atoms with Crippen molar-refractivity contribution in [1.29, 1.82) is 0 Å². The molecule has 0 heterocycles. The number of benzene rings is 2. The summed E-state index contributed by atoms with van der Waals surface area (Å²) in [7, 11) is 0. The van der Waals surface area contributed by atoms with Crippen LogP contribution in [0.2, 0.25) is 5.02 Å². The number of hydrogen-bond acceptors (Lipinski definition) is 3. The number of nitrogens with zero attached hydrogens (tertiary/aromatic N) is 1. The van der Waals surface area contributed by atoms with Gasteiger partial charge < -0.3 is 15.0 Å². The van der Waals surface area contributed by atoms with Crippen molar-refractivity contribution >= 4 is 39.3 Å². The molecule has 0 radical (unpaired) electrons. The zero-order valence-corrected chi connectivity index (χ0v) is 21.7. The second kappa shape index (κ2) is 12.3. The Bertz CT molecular complexity index is 910. The van der Waals surface area contributed by atoms with Gasteiger partial charge in [-0.05, 0) is 74.6 Å². The SMILES string of the molecule is CC[C@@H](C)NC(=O)[C@@H](CC)N(Cc1ccc(Cl)cc1)C(=O)COc1cc(C)c(Br)c(C)c1. The fourth-order valence-electron chi connectivity index (χ4n) is 3.36. The lowest BCUT2D eigenvalue weighted by atomic mass is 10.1. The maximum absolute atomic E-state index is 13.3. The number of nitrogens with one attached hydrogen (secondary N) is 1. The van der Waals surface area contributed by atoms with Crippen LogP contribution < -0.4 is 10.1 Å². The Balaban J connectivity index is 2.24. The predicted molar refractivity (Wildman–Crippen MR) is 133 cm³/mol. The van der Waals surface area contributed by atoms with E-state index in [1.165, 1.54) is 0 Å². The van der Waals surface area contributed by atoms with Gasteiger partial charge in [-0.3, -0.25) is 9.59 Å². The summed E-state index contributed by atoms with van der Waals surface area (Å²) in [6.07, 6.45) is 1.32. The van der Waals surface area contributed by atoms with Gasteiger partial charge in [0.05, 0.1) is 0 Å². The number of amides is 2. The van der Waals surface area contributed by atoms with Crippen LogP contribution in [0.4, 0.5) is 0 Å². The van der Waals surface area contributed by atoms with Crippen LogP contribution in [0.1, 0.15) is 50.3 Å². The largest absolute Gasteiger partial charge is 0.484 e. The van der Waals surface area contributed by atoms with Gasteiger partial charge in [-0.2, -0.15) is 0 Å². The highest BCUT2D eigenvalue weighted by molar-refractivity contribution is 9.10. The van der Waals surface area contributed by atoms with Gasteiger partial charge in [0.1, 0.15) is 11.8 Å². The van der Waals surface area contributed by atoms with E-state index in [4.69, 9.17) is 16.3 Å². The van der Waals surface area contributed by atoms with E-state index in [0.717, 1.165) is 27.6 Å². The normalized spacial score (nSPS) is 12.7. The van der Waals surface area contributed by atoms with Gasteiger partial charge in [0.15, 0.2) is 6.61 Å². The molecule has 2 rings (SSSR count). The number of hydrogen-bond donors (Lipinski definition) is 1. The van der Waals surface area contributed by atoms with Crippen LogP contribution in [0.3, 0.4) is 0 Å². The number of halogens is 2. The van der Waals surface area contributed by atoms with E-state index >= 15 is 0 Å². The molecule has 0 unspecified atom stereocenters. The number of carbonyl (C=O) groups is 2. The highest BCUT2D eigenvalue weighted by atomic mass is 79.9. The smallest absolute Gasteiger partial charge is 0.261 e.